The number of aromatic amines is 1. The van der Waals surface area contributed by atoms with Gasteiger partial charge in [-0.3, -0.25) is 4.79 Å². The van der Waals surface area contributed by atoms with Gasteiger partial charge in [0, 0.05) is 16.5 Å². The highest BCUT2D eigenvalue weighted by Crippen LogP contribution is 2.24. The molecule has 0 unspecified atom stereocenters. The van der Waals surface area contributed by atoms with Gasteiger partial charge in [-0.2, -0.15) is 0 Å². The second-order valence-electron chi connectivity index (χ2n) is 5.12. The molecule has 0 saturated heterocycles. The lowest BCUT2D eigenvalue weighted by Crippen LogP contribution is -2.26. The molecule has 0 bridgehead atoms. The van der Waals surface area contributed by atoms with Crippen molar-refractivity contribution >= 4 is 21.9 Å². The van der Waals surface area contributed by atoms with Crippen LogP contribution >= 0.6 is 15.9 Å². The van der Waals surface area contributed by atoms with Gasteiger partial charge in [-0.25, -0.2) is 4.98 Å². The molecule has 1 heterocycles. The Morgan fingerprint density at radius 3 is 2.84 bits per heavy atom. The van der Waals surface area contributed by atoms with Crippen LogP contribution in [0.3, 0.4) is 0 Å². The van der Waals surface area contributed by atoms with E-state index >= 15 is 0 Å². The monoisotopic (exact) mass is 322 g/mol. The third-order valence-electron chi connectivity index (χ3n) is 2.95. The maximum atomic E-state index is 11.1. The third kappa shape index (κ3) is 3.23. The van der Waals surface area contributed by atoms with Gasteiger partial charge < -0.3 is 10.1 Å². The van der Waals surface area contributed by atoms with Crippen molar-refractivity contribution in [2.45, 2.75) is 20.3 Å². The van der Waals surface area contributed by atoms with Crippen molar-refractivity contribution in [1.29, 1.82) is 0 Å². The van der Waals surface area contributed by atoms with Gasteiger partial charge in [0.2, 0.25) is 0 Å². The van der Waals surface area contributed by atoms with Crippen LogP contribution in [0.2, 0.25) is 0 Å². The van der Waals surface area contributed by atoms with E-state index in [1.165, 1.54) is 0 Å². The van der Waals surface area contributed by atoms with E-state index in [1.807, 2.05) is 24.3 Å². The van der Waals surface area contributed by atoms with Gasteiger partial charge in [0.1, 0.15) is 5.82 Å². The summed E-state index contributed by atoms with van der Waals surface area (Å²) in [5.41, 5.74) is 1.07. The molecule has 0 radical (unpaired) electrons. The van der Waals surface area contributed by atoms with Crippen LogP contribution in [-0.2, 0) is 11.2 Å². The number of H-pyrrole nitrogens is 1. The first-order valence-corrected chi connectivity index (χ1v) is 6.71. The number of carboxylic acids is 1. The SMILES string of the molecule is CC(C)(Cc1ncc(-c2cccc(Br)c2)[nH]1)C(=O)O. The van der Waals surface area contributed by atoms with Gasteiger partial charge in [-0.05, 0) is 26.0 Å². The van der Waals surface area contributed by atoms with Gasteiger partial charge in [-0.1, -0.05) is 28.1 Å². The molecular weight excluding hydrogens is 308 g/mol. The molecule has 0 aliphatic carbocycles. The summed E-state index contributed by atoms with van der Waals surface area (Å²) in [6, 6.07) is 7.86. The maximum Gasteiger partial charge on any atom is 0.309 e. The Morgan fingerprint density at radius 2 is 2.21 bits per heavy atom. The molecule has 0 fully saturated rings. The number of hydrogen-bond acceptors (Lipinski definition) is 2. The highest BCUT2D eigenvalue weighted by molar-refractivity contribution is 9.10. The van der Waals surface area contributed by atoms with E-state index in [1.54, 1.807) is 20.0 Å². The van der Waals surface area contributed by atoms with Crippen LogP contribution in [0.5, 0.6) is 0 Å². The summed E-state index contributed by atoms with van der Waals surface area (Å²) in [5, 5.41) is 9.11. The molecule has 0 saturated carbocycles. The van der Waals surface area contributed by atoms with Crippen molar-refractivity contribution in [1.82, 2.24) is 9.97 Å². The summed E-state index contributed by atoms with van der Waals surface area (Å²) in [6.07, 6.45) is 2.10. The van der Waals surface area contributed by atoms with Crippen molar-refractivity contribution in [2.24, 2.45) is 5.41 Å². The normalized spacial score (nSPS) is 11.5. The number of aliphatic carboxylic acids is 1. The van der Waals surface area contributed by atoms with E-state index in [9.17, 15) is 4.79 Å². The second-order valence-corrected chi connectivity index (χ2v) is 6.04. The van der Waals surface area contributed by atoms with E-state index < -0.39 is 11.4 Å². The zero-order valence-electron chi connectivity index (χ0n) is 10.8. The summed E-state index contributed by atoms with van der Waals surface area (Å²) in [4.78, 5) is 18.5. The van der Waals surface area contributed by atoms with Crippen molar-refractivity contribution in [3.8, 4) is 11.3 Å². The summed E-state index contributed by atoms with van der Waals surface area (Å²) >= 11 is 3.42. The number of halogens is 1. The lowest BCUT2D eigenvalue weighted by atomic mass is 9.89. The average molecular weight is 323 g/mol. The number of carboxylic acid groups (broad SMARTS) is 1. The quantitative estimate of drug-likeness (QED) is 0.905. The summed E-state index contributed by atoms with van der Waals surface area (Å²) in [6.45, 7) is 3.38. The standard InChI is InChI=1S/C14H15BrN2O2/c1-14(2,13(18)19)7-12-16-8-11(17-12)9-4-3-5-10(15)6-9/h3-6,8H,7H2,1-2H3,(H,16,17)(H,18,19). The van der Waals surface area contributed by atoms with Gasteiger partial charge >= 0.3 is 5.97 Å². The van der Waals surface area contributed by atoms with Crippen molar-refractivity contribution in [3.05, 3.63) is 40.8 Å². The first-order chi connectivity index (χ1) is 8.88. The van der Waals surface area contributed by atoms with Gasteiger partial charge in [0.15, 0.2) is 0 Å². The Morgan fingerprint density at radius 1 is 1.47 bits per heavy atom. The lowest BCUT2D eigenvalue weighted by molar-refractivity contribution is -0.146. The van der Waals surface area contributed by atoms with Gasteiger partial charge in [0.05, 0.1) is 17.3 Å². The summed E-state index contributed by atoms with van der Waals surface area (Å²) < 4.78 is 0.993. The Hall–Kier alpha value is -1.62. The first-order valence-electron chi connectivity index (χ1n) is 5.92. The molecule has 2 N–H and O–H groups in total. The Bertz CT molecular complexity index is 605. The van der Waals surface area contributed by atoms with Crippen LogP contribution in [0.25, 0.3) is 11.3 Å². The lowest BCUT2D eigenvalue weighted by Gasteiger charge is -2.16. The first kappa shape index (κ1) is 13.8. The van der Waals surface area contributed by atoms with Crippen LogP contribution in [0.4, 0.5) is 0 Å². The number of nitrogens with one attached hydrogen (secondary N) is 1. The fourth-order valence-corrected chi connectivity index (χ4v) is 2.15. The highest BCUT2D eigenvalue weighted by Gasteiger charge is 2.28. The largest absolute Gasteiger partial charge is 0.481 e. The molecule has 0 spiro atoms. The predicted octanol–water partition coefficient (Wildman–Crippen LogP) is 3.49. The molecule has 100 valence electrons. The summed E-state index contributed by atoms with van der Waals surface area (Å²) in [7, 11) is 0. The Labute approximate surface area is 120 Å². The van der Waals surface area contributed by atoms with Crippen LogP contribution in [-0.4, -0.2) is 21.0 Å². The van der Waals surface area contributed by atoms with Gasteiger partial charge in [-0.15, -0.1) is 0 Å². The minimum Gasteiger partial charge on any atom is -0.481 e. The molecule has 4 nitrogen and oxygen atoms in total. The second kappa shape index (κ2) is 5.17. The molecule has 1 aromatic carbocycles. The van der Waals surface area contributed by atoms with E-state index in [2.05, 4.69) is 25.9 Å². The van der Waals surface area contributed by atoms with Crippen LogP contribution in [0.15, 0.2) is 34.9 Å². The van der Waals surface area contributed by atoms with E-state index in [-0.39, 0.29) is 0 Å². The Kier molecular flexibility index (Phi) is 3.75. The Balaban J connectivity index is 2.23. The van der Waals surface area contributed by atoms with Crippen molar-refractivity contribution in [3.63, 3.8) is 0 Å². The zero-order valence-corrected chi connectivity index (χ0v) is 12.4. The molecule has 19 heavy (non-hydrogen) atoms. The van der Waals surface area contributed by atoms with E-state index in [0.29, 0.717) is 12.2 Å². The molecule has 0 aliphatic heterocycles. The predicted molar refractivity (Wildman–Crippen MR) is 76.8 cm³/mol. The number of aromatic nitrogens is 2. The molecule has 5 heteroatoms. The average Bonchev–Trinajstić information content (AvgIpc) is 2.76. The number of imidazole rings is 1. The zero-order chi connectivity index (χ0) is 14.0. The molecular formula is C14H15BrN2O2. The molecule has 0 aliphatic rings. The molecule has 2 rings (SSSR count). The number of benzene rings is 1. The van der Waals surface area contributed by atoms with Gasteiger partial charge in [0.25, 0.3) is 0 Å². The van der Waals surface area contributed by atoms with E-state index in [0.717, 1.165) is 15.7 Å². The summed E-state index contributed by atoms with van der Waals surface area (Å²) in [5.74, 6) is -0.143. The number of rotatable bonds is 4. The molecule has 0 atom stereocenters. The topological polar surface area (TPSA) is 66.0 Å². The molecule has 0 amide bonds. The third-order valence-corrected chi connectivity index (χ3v) is 3.45. The number of nitrogens with zero attached hydrogens (tertiary/aromatic N) is 1. The van der Waals surface area contributed by atoms with Crippen LogP contribution in [0.1, 0.15) is 19.7 Å². The number of hydrogen-bond donors (Lipinski definition) is 2. The minimum atomic E-state index is -0.827. The van der Waals surface area contributed by atoms with E-state index in [4.69, 9.17) is 5.11 Å². The van der Waals surface area contributed by atoms with Crippen LogP contribution in [0, 0.1) is 5.41 Å². The highest BCUT2D eigenvalue weighted by atomic mass is 79.9. The fraction of sp³-hybridized carbons (Fsp3) is 0.286. The smallest absolute Gasteiger partial charge is 0.309 e. The molecule has 1 aromatic heterocycles. The van der Waals surface area contributed by atoms with Crippen molar-refractivity contribution < 1.29 is 9.90 Å². The molecule has 2 aromatic rings. The maximum absolute atomic E-state index is 11.1. The van der Waals surface area contributed by atoms with Crippen LogP contribution < -0.4 is 0 Å². The fourth-order valence-electron chi connectivity index (χ4n) is 1.75. The van der Waals surface area contributed by atoms with Crippen molar-refractivity contribution in [2.75, 3.05) is 0 Å². The minimum absolute atomic E-state index is 0.371. The number of carbonyl (C=O) groups is 1.